The highest BCUT2D eigenvalue weighted by Gasteiger charge is 2.14. The summed E-state index contributed by atoms with van der Waals surface area (Å²) >= 11 is 1.54. The van der Waals surface area contributed by atoms with Crippen molar-refractivity contribution in [1.82, 2.24) is 30.3 Å². The lowest BCUT2D eigenvalue weighted by atomic mass is 10.3. The van der Waals surface area contributed by atoms with Gasteiger partial charge in [0, 0.05) is 22.8 Å². The number of amides is 1. The molecule has 4 rings (SSSR count). The van der Waals surface area contributed by atoms with Crippen molar-refractivity contribution in [3.8, 4) is 16.3 Å². The second kappa shape index (κ2) is 7.46. The first-order valence-corrected chi connectivity index (χ1v) is 9.15. The SMILES string of the molecule is Cc1nc(-c2cccnc2)sc1CNC(=O)c1cnn(-c2ccccc2)n1. The Hall–Kier alpha value is -3.39. The summed E-state index contributed by atoms with van der Waals surface area (Å²) in [6.45, 7) is 2.32. The lowest BCUT2D eigenvalue weighted by Crippen LogP contribution is -2.23. The number of rotatable bonds is 5. The number of hydrogen-bond donors (Lipinski definition) is 1. The summed E-state index contributed by atoms with van der Waals surface area (Å²) in [6, 6.07) is 13.3. The van der Waals surface area contributed by atoms with Crippen LogP contribution in [0.5, 0.6) is 0 Å². The fourth-order valence-corrected chi connectivity index (χ4v) is 3.50. The van der Waals surface area contributed by atoms with Crippen molar-refractivity contribution in [1.29, 1.82) is 0 Å². The molecule has 0 unspecified atom stereocenters. The van der Waals surface area contributed by atoms with Crippen LogP contribution in [-0.4, -0.2) is 30.9 Å². The zero-order valence-electron chi connectivity index (χ0n) is 14.5. The van der Waals surface area contributed by atoms with Gasteiger partial charge in [-0.3, -0.25) is 9.78 Å². The first kappa shape index (κ1) is 17.0. The van der Waals surface area contributed by atoms with Crippen LogP contribution in [0.25, 0.3) is 16.3 Å². The van der Waals surface area contributed by atoms with Crippen molar-refractivity contribution in [2.45, 2.75) is 13.5 Å². The minimum Gasteiger partial charge on any atom is -0.346 e. The topological polar surface area (TPSA) is 85.6 Å². The third-order valence-electron chi connectivity index (χ3n) is 3.92. The van der Waals surface area contributed by atoms with Gasteiger partial charge in [-0.15, -0.1) is 16.4 Å². The Morgan fingerprint density at radius 2 is 2.00 bits per heavy atom. The number of para-hydroxylation sites is 1. The molecule has 0 bridgehead atoms. The van der Waals surface area contributed by atoms with Crippen LogP contribution in [0.1, 0.15) is 21.1 Å². The molecule has 1 aromatic carbocycles. The summed E-state index contributed by atoms with van der Waals surface area (Å²) in [6.07, 6.45) is 4.97. The Morgan fingerprint density at radius 1 is 1.15 bits per heavy atom. The van der Waals surface area contributed by atoms with Gasteiger partial charge in [-0.25, -0.2) is 4.98 Å². The van der Waals surface area contributed by atoms with Gasteiger partial charge in [0.25, 0.3) is 5.91 Å². The van der Waals surface area contributed by atoms with Crippen LogP contribution in [0.2, 0.25) is 0 Å². The van der Waals surface area contributed by atoms with Crippen LogP contribution in [0.4, 0.5) is 0 Å². The Kier molecular flexibility index (Phi) is 4.71. The smallest absolute Gasteiger partial charge is 0.273 e. The van der Waals surface area contributed by atoms with Crippen molar-refractivity contribution >= 4 is 17.2 Å². The molecule has 134 valence electrons. The molecule has 3 aromatic heterocycles. The number of aryl methyl sites for hydroxylation is 1. The summed E-state index contributed by atoms with van der Waals surface area (Å²) in [4.78, 5) is 23.5. The molecular weight excluding hydrogens is 360 g/mol. The van der Waals surface area contributed by atoms with Gasteiger partial charge in [-0.1, -0.05) is 18.2 Å². The number of carbonyl (C=O) groups is 1. The largest absolute Gasteiger partial charge is 0.346 e. The molecule has 0 aliphatic rings. The summed E-state index contributed by atoms with van der Waals surface area (Å²) in [5, 5.41) is 12.2. The third kappa shape index (κ3) is 3.75. The van der Waals surface area contributed by atoms with E-state index >= 15 is 0 Å². The van der Waals surface area contributed by atoms with Gasteiger partial charge in [0.1, 0.15) is 5.01 Å². The number of pyridine rings is 1. The second-order valence-corrected chi connectivity index (χ2v) is 6.89. The monoisotopic (exact) mass is 376 g/mol. The lowest BCUT2D eigenvalue weighted by Gasteiger charge is -2.01. The van der Waals surface area contributed by atoms with Gasteiger partial charge >= 0.3 is 0 Å². The number of nitrogens with zero attached hydrogens (tertiary/aromatic N) is 5. The minimum absolute atomic E-state index is 0.270. The molecule has 0 fully saturated rings. The maximum Gasteiger partial charge on any atom is 0.273 e. The average molecular weight is 376 g/mol. The average Bonchev–Trinajstić information content (AvgIpc) is 3.35. The number of thiazole rings is 1. The highest BCUT2D eigenvalue weighted by atomic mass is 32.1. The number of carbonyl (C=O) groups excluding carboxylic acids is 1. The number of benzene rings is 1. The molecule has 1 amide bonds. The molecule has 0 radical (unpaired) electrons. The van der Waals surface area contributed by atoms with Crippen LogP contribution in [0.3, 0.4) is 0 Å². The van der Waals surface area contributed by atoms with Crippen molar-refractivity contribution in [3.63, 3.8) is 0 Å². The van der Waals surface area contributed by atoms with Gasteiger partial charge in [-0.05, 0) is 31.2 Å². The normalized spacial score (nSPS) is 10.7. The van der Waals surface area contributed by atoms with Crippen molar-refractivity contribution in [2.24, 2.45) is 0 Å². The van der Waals surface area contributed by atoms with Crippen LogP contribution in [-0.2, 0) is 6.54 Å². The van der Waals surface area contributed by atoms with E-state index in [1.54, 1.807) is 23.7 Å². The van der Waals surface area contributed by atoms with E-state index in [2.05, 4.69) is 25.5 Å². The first-order chi connectivity index (χ1) is 13.2. The number of aromatic nitrogens is 5. The molecule has 7 nitrogen and oxygen atoms in total. The van der Waals surface area contributed by atoms with Gasteiger partial charge < -0.3 is 5.32 Å². The fourth-order valence-electron chi connectivity index (χ4n) is 2.51. The maximum atomic E-state index is 12.4. The van der Waals surface area contributed by atoms with Crippen LogP contribution in [0.15, 0.2) is 61.1 Å². The molecular formula is C19H16N6OS. The van der Waals surface area contributed by atoms with E-state index in [0.717, 1.165) is 26.8 Å². The molecule has 0 aliphatic carbocycles. The van der Waals surface area contributed by atoms with E-state index < -0.39 is 0 Å². The maximum absolute atomic E-state index is 12.4. The van der Waals surface area contributed by atoms with Gasteiger partial charge in [-0.2, -0.15) is 9.90 Å². The Balaban J connectivity index is 1.44. The third-order valence-corrected chi connectivity index (χ3v) is 5.13. The van der Waals surface area contributed by atoms with E-state index in [0.29, 0.717) is 6.54 Å². The Labute approximate surface area is 159 Å². The Morgan fingerprint density at radius 3 is 2.78 bits per heavy atom. The lowest BCUT2D eigenvalue weighted by molar-refractivity contribution is 0.0946. The fraction of sp³-hybridized carbons (Fsp3) is 0.105. The van der Waals surface area contributed by atoms with Gasteiger partial charge in [0.15, 0.2) is 5.69 Å². The minimum atomic E-state index is -0.270. The van der Waals surface area contributed by atoms with Crippen molar-refractivity contribution in [2.75, 3.05) is 0 Å². The van der Waals surface area contributed by atoms with Crippen molar-refractivity contribution in [3.05, 3.63) is 77.3 Å². The quantitative estimate of drug-likeness (QED) is 0.579. The zero-order valence-corrected chi connectivity index (χ0v) is 15.3. The van der Waals surface area contributed by atoms with E-state index in [1.807, 2.05) is 49.4 Å². The van der Waals surface area contributed by atoms with Crippen LogP contribution < -0.4 is 5.32 Å². The van der Waals surface area contributed by atoms with E-state index in [1.165, 1.54) is 11.0 Å². The molecule has 0 saturated carbocycles. The number of hydrogen-bond acceptors (Lipinski definition) is 6. The molecule has 0 saturated heterocycles. The molecule has 0 atom stereocenters. The van der Waals surface area contributed by atoms with E-state index in [-0.39, 0.29) is 11.6 Å². The van der Waals surface area contributed by atoms with Crippen LogP contribution >= 0.6 is 11.3 Å². The summed E-state index contributed by atoms with van der Waals surface area (Å²) in [7, 11) is 0. The predicted molar refractivity (Wildman–Crippen MR) is 103 cm³/mol. The molecule has 4 aromatic rings. The second-order valence-electron chi connectivity index (χ2n) is 5.81. The highest BCUT2D eigenvalue weighted by molar-refractivity contribution is 7.15. The Bertz CT molecular complexity index is 1060. The van der Waals surface area contributed by atoms with Crippen molar-refractivity contribution < 1.29 is 4.79 Å². The molecule has 0 spiro atoms. The molecule has 1 N–H and O–H groups in total. The van der Waals surface area contributed by atoms with Crippen LogP contribution in [0, 0.1) is 6.92 Å². The van der Waals surface area contributed by atoms with E-state index in [4.69, 9.17) is 0 Å². The summed E-state index contributed by atoms with van der Waals surface area (Å²) in [5.41, 5.74) is 2.94. The molecule has 0 aliphatic heterocycles. The zero-order chi connectivity index (χ0) is 18.6. The number of nitrogens with one attached hydrogen (secondary N) is 1. The van der Waals surface area contributed by atoms with Gasteiger partial charge in [0.2, 0.25) is 0 Å². The van der Waals surface area contributed by atoms with Gasteiger partial charge in [0.05, 0.1) is 24.1 Å². The standard InChI is InChI=1S/C19H16N6OS/c1-13-17(27-19(23-13)14-6-5-9-20-10-14)12-21-18(26)16-11-22-25(24-16)15-7-3-2-4-8-15/h2-11H,12H2,1H3,(H,21,26). The molecule has 8 heteroatoms. The molecule has 3 heterocycles. The summed E-state index contributed by atoms with van der Waals surface area (Å²) in [5.74, 6) is -0.270. The molecule has 27 heavy (non-hydrogen) atoms. The first-order valence-electron chi connectivity index (χ1n) is 8.33. The van der Waals surface area contributed by atoms with E-state index in [9.17, 15) is 4.79 Å². The highest BCUT2D eigenvalue weighted by Crippen LogP contribution is 2.27. The summed E-state index contributed by atoms with van der Waals surface area (Å²) < 4.78 is 0. The predicted octanol–water partition coefficient (Wildman–Crippen LogP) is 3.02.